The number of carbonyl (C=O) groups excluding carboxylic acids is 1. The lowest BCUT2D eigenvalue weighted by Gasteiger charge is -2.49. The molecule has 1 aromatic carbocycles. The van der Waals surface area contributed by atoms with E-state index in [4.69, 9.17) is 47.4 Å². The zero-order chi connectivity index (χ0) is 51.5. The van der Waals surface area contributed by atoms with Gasteiger partial charge in [-0.2, -0.15) is 0 Å². The van der Waals surface area contributed by atoms with Crippen LogP contribution in [-0.4, -0.2) is 199 Å². The van der Waals surface area contributed by atoms with Crippen LogP contribution in [0.5, 0.6) is 11.5 Å². The summed E-state index contributed by atoms with van der Waals surface area (Å²) in [5, 5.41) is 109. The Morgan fingerprint density at radius 2 is 1.34 bits per heavy atom. The molecule has 0 bridgehead atoms. The van der Waals surface area contributed by atoms with Gasteiger partial charge in [0, 0.05) is 12.5 Å². The van der Waals surface area contributed by atoms with Crippen LogP contribution in [-0.2, 0) is 47.4 Å². The van der Waals surface area contributed by atoms with E-state index in [1.165, 1.54) is 58.2 Å². The predicted molar refractivity (Wildman–Crippen MR) is 244 cm³/mol. The third-order valence-electron chi connectivity index (χ3n) is 13.3. The summed E-state index contributed by atoms with van der Waals surface area (Å²) in [5.74, 6) is -0.795. The molecule has 1 aromatic rings. The molecular weight excluding hydrogens is 925 g/mol. The minimum Gasteiger partial charge on any atom is -0.504 e. The number of hydrogen-bond donors (Lipinski definition) is 10. The van der Waals surface area contributed by atoms with Gasteiger partial charge in [0.15, 0.2) is 42.8 Å². The number of carbonyl (C=O) groups is 1. The van der Waals surface area contributed by atoms with Crippen LogP contribution in [0.3, 0.4) is 0 Å². The van der Waals surface area contributed by atoms with Gasteiger partial charge in [0.25, 0.3) is 0 Å². The van der Waals surface area contributed by atoms with E-state index in [-0.39, 0.29) is 17.9 Å². The van der Waals surface area contributed by atoms with Gasteiger partial charge < -0.3 is 98.4 Å². The fourth-order valence-corrected chi connectivity index (χ4v) is 9.05. The second kappa shape index (κ2) is 23.5. The fourth-order valence-electron chi connectivity index (χ4n) is 9.05. The Bertz CT molecular complexity index is 2080. The Kier molecular flexibility index (Phi) is 18.6. The fraction of sp³-hybridized carbons (Fsp3) is 0.653. The minimum atomic E-state index is -1.90. The van der Waals surface area contributed by atoms with Crippen molar-refractivity contribution < 1.29 is 103 Å². The molecule has 4 aliphatic heterocycles. The van der Waals surface area contributed by atoms with Crippen molar-refractivity contribution >= 4 is 12.0 Å². The third-order valence-corrected chi connectivity index (χ3v) is 13.3. The van der Waals surface area contributed by atoms with Crippen LogP contribution in [0.15, 0.2) is 71.9 Å². The van der Waals surface area contributed by atoms with E-state index in [0.29, 0.717) is 5.56 Å². The number of aliphatic hydroxyl groups is 9. The van der Waals surface area contributed by atoms with E-state index >= 15 is 0 Å². The monoisotopic (exact) mass is 994 g/mol. The molecule has 4 heterocycles. The quantitative estimate of drug-likeness (QED) is 0.0570. The summed E-state index contributed by atoms with van der Waals surface area (Å²) in [7, 11) is 1.37. The molecule has 0 spiro atoms. The van der Waals surface area contributed by atoms with Gasteiger partial charge in [0.2, 0.25) is 0 Å². The molecule has 392 valence electrons. The highest BCUT2D eigenvalue weighted by Crippen LogP contribution is 2.39. The minimum absolute atomic E-state index is 0.0969. The smallest absolute Gasteiger partial charge is 0.331 e. The normalized spacial score (nSPS) is 40.3. The molecule has 5 aliphatic rings. The molecule has 4 saturated heterocycles. The molecule has 0 amide bonds. The molecule has 21 nitrogen and oxygen atoms in total. The Hall–Kier alpha value is -3.69. The summed E-state index contributed by atoms with van der Waals surface area (Å²) < 4.78 is 58.6. The number of benzene rings is 1. The van der Waals surface area contributed by atoms with Crippen LogP contribution in [0.25, 0.3) is 6.08 Å². The molecule has 0 saturated carbocycles. The van der Waals surface area contributed by atoms with E-state index in [9.17, 15) is 55.9 Å². The number of allylic oxidation sites excluding steroid dienone is 4. The lowest BCUT2D eigenvalue weighted by atomic mass is 9.83. The van der Waals surface area contributed by atoms with Crippen LogP contribution >= 0.6 is 0 Å². The van der Waals surface area contributed by atoms with Crippen LogP contribution in [0.1, 0.15) is 66.4 Å². The average Bonchev–Trinajstić information content (AvgIpc) is 3.31. The van der Waals surface area contributed by atoms with Gasteiger partial charge in [-0.15, -0.1) is 6.58 Å². The van der Waals surface area contributed by atoms with Crippen molar-refractivity contribution in [2.24, 2.45) is 0 Å². The number of phenols is 1. The van der Waals surface area contributed by atoms with Crippen molar-refractivity contribution in [3.8, 4) is 11.5 Å². The van der Waals surface area contributed by atoms with Gasteiger partial charge in [0.1, 0.15) is 73.2 Å². The van der Waals surface area contributed by atoms with Crippen LogP contribution in [0.4, 0.5) is 0 Å². The summed E-state index contributed by atoms with van der Waals surface area (Å²) >= 11 is 0. The highest BCUT2D eigenvalue weighted by Gasteiger charge is 2.54. The maximum atomic E-state index is 12.8. The number of aromatic hydroxyl groups is 1. The number of methoxy groups -OCH3 is 1. The first-order valence-corrected chi connectivity index (χ1v) is 23.3. The molecule has 21 heteroatoms. The van der Waals surface area contributed by atoms with Crippen LogP contribution in [0, 0.1) is 0 Å². The average molecular weight is 995 g/mol. The van der Waals surface area contributed by atoms with Crippen LogP contribution in [0.2, 0.25) is 0 Å². The zero-order valence-corrected chi connectivity index (χ0v) is 40.3. The molecule has 21 atom stereocenters. The highest BCUT2D eigenvalue weighted by atomic mass is 16.8. The number of rotatable bonds is 17. The molecule has 4 fully saturated rings. The predicted octanol–water partition coefficient (Wildman–Crippen LogP) is 0.284. The molecule has 0 radical (unpaired) electrons. The lowest BCUT2D eigenvalue weighted by molar-refractivity contribution is -0.387. The maximum absolute atomic E-state index is 12.8. The van der Waals surface area contributed by atoms with E-state index in [1.807, 2.05) is 19.9 Å². The van der Waals surface area contributed by atoms with Crippen molar-refractivity contribution in [2.45, 2.75) is 189 Å². The highest BCUT2D eigenvalue weighted by molar-refractivity contribution is 5.87. The maximum Gasteiger partial charge on any atom is 0.331 e. The zero-order valence-electron chi connectivity index (χ0n) is 40.3. The number of phenolic OH excluding ortho intramolecular Hbond substituents is 1. The number of aliphatic hydroxyl groups excluding tert-OH is 9. The van der Waals surface area contributed by atoms with E-state index in [0.717, 1.165) is 41.2 Å². The molecular formula is C49H70O21. The number of esters is 1. The Morgan fingerprint density at radius 1 is 0.757 bits per heavy atom. The van der Waals surface area contributed by atoms with Crippen molar-refractivity contribution in [1.29, 1.82) is 0 Å². The summed E-state index contributed by atoms with van der Waals surface area (Å²) in [4.78, 5) is 12.8. The molecule has 21 unspecified atom stereocenters. The topological polar surface area (TPSA) is 312 Å². The van der Waals surface area contributed by atoms with Gasteiger partial charge in [-0.3, -0.25) is 0 Å². The summed E-state index contributed by atoms with van der Waals surface area (Å²) in [5.41, 5.74) is 3.16. The second-order valence-corrected chi connectivity index (χ2v) is 18.9. The van der Waals surface area contributed by atoms with Crippen molar-refractivity contribution in [3.05, 3.63) is 77.4 Å². The summed E-state index contributed by atoms with van der Waals surface area (Å²) in [6.07, 6.45) is -23.1. The summed E-state index contributed by atoms with van der Waals surface area (Å²) in [6.45, 7) is 17.6. The van der Waals surface area contributed by atoms with Crippen molar-refractivity contribution in [1.82, 2.24) is 0 Å². The molecule has 6 rings (SSSR count). The van der Waals surface area contributed by atoms with Gasteiger partial charge in [-0.1, -0.05) is 35.9 Å². The Balaban J connectivity index is 1.17. The largest absolute Gasteiger partial charge is 0.504 e. The van der Waals surface area contributed by atoms with E-state index in [2.05, 4.69) is 13.2 Å². The number of ether oxygens (including phenoxy) is 10. The SMILES string of the molecule is C=CC(C)(CC1=C(C(=C)C)CCC(C)=C1)OC1OC(COC2OC(C)C(OC(=O)/C=C\c3ccc(O)c(OC)c3)C(O)C2O)C(O)C(O)C1OC1OC(C)C(OC2OC(C)C(O)C(O)C2O)C(O)C1O. The lowest BCUT2D eigenvalue weighted by Crippen LogP contribution is -2.66. The van der Waals surface area contributed by atoms with E-state index < -0.39 is 141 Å². The van der Waals surface area contributed by atoms with Gasteiger partial charge in [-0.25, -0.2) is 4.79 Å². The van der Waals surface area contributed by atoms with E-state index in [1.54, 1.807) is 6.92 Å². The first kappa shape index (κ1) is 55.6. The summed E-state index contributed by atoms with van der Waals surface area (Å²) in [6, 6.07) is 4.40. The molecule has 70 heavy (non-hydrogen) atoms. The molecule has 10 N–H and O–H groups in total. The molecule has 0 aromatic heterocycles. The Labute approximate surface area is 406 Å². The van der Waals surface area contributed by atoms with Gasteiger partial charge in [-0.05, 0) is 89.3 Å². The number of hydrogen-bond acceptors (Lipinski definition) is 21. The van der Waals surface area contributed by atoms with Crippen molar-refractivity contribution in [2.75, 3.05) is 13.7 Å². The Morgan fingerprint density at radius 3 is 2.00 bits per heavy atom. The standard InChI is InChI=1S/C49H70O21/c1-10-49(8,19-27-17-22(4)11-14-28(27)21(2)3)70-48-44(69-47-41(60)38(57)43(25(7)65-47)68-46-39(58)35(54)33(52)23(5)63-46)36(55)34(53)31(66-48)20-62-45-40(59)37(56)42(24(6)64-45)67-32(51)16-13-26-12-15-29(50)30(18-26)61-9/h10,12-13,15-18,23-25,31,33-48,50,52-60H,1-2,11,14,19-20H2,3-9H3/b16-13-. The van der Waals surface area contributed by atoms with Crippen molar-refractivity contribution in [3.63, 3.8) is 0 Å². The molecule has 1 aliphatic carbocycles. The second-order valence-electron chi connectivity index (χ2n) is 18.9. The first-order valence-electron chi connectivity index (χ1n) is 23.3. The third kappa shape index (κ3) is 12.6. The van der Waals surface area contributed by atoms with Gasteiger partial charge in [0.05, 0.1) is 37.6 Å². The first-order chi connectivity index (χ1) is 33.0. The van der Waals surface area contributed by atoms with Crippen LogP contribution < -0.4 is 4.74 Å². The van der Waals surface area contributed by atoms with Gasteiger partial charge >= 0.3 is 5.97 Å².